The van der Waals surface area contributed by atoms with E-state index in [0.717, 1.165) is 26.2 Å². The molecular formula is C8H18Br2CuN4. The van der Waals surface area contributed by atoms with Crippen molar-refractivity contribution < 1.29 is 11.3 Å². The zero-order valence-electron chi connectivity index (χ0n) is 8.45. The molecule has 2 fully saturated rings. The van der Waals surface area contributed by atoms with Crippen molar-refractivity contribution in [2.24, 2.45) is 0 Å². The van der Waals surface area contributed by atoms with Gasteiger partial charge in [0, 0.05) is 0 Å². The summed E-state index contributed by atoms with van der Waals surface area (Å²) in [6, 6.07) is 0. The zero-order valence-corrected chi connectivity index (χ0v) is 12.6. The van der Waals surface area contributed by atoms with Crippen molar-refractivity contribution in [1.29, 1.82) is 0 Å². The SMILES string of the molecule is C1CNC(C2NCCCN2)NC1.[Br][Cu][Br]. The summed E-state index contributed by atoms with van der Waals surface area (Å²) in [6.45, 7) is 4.55. The summed E-state index contributed by atoms with van der Waals surface area (Å²) < 4.78 is 0. The normalized spacial score (nSPS) is 24.7. The first-order valence-electron chi connectivity index (χ1n) is 5.13. The standard InChI is InChI=1S/C8H18N4.2BrH.Cu/c1-3-9-7(10-4-1)8-11-5-2-6-12-8;;;/h7-12H,1-6H2;2*1H;/q;;;+2/p-2. The van der Waals surface area contributed by atoms with Crippen molar-refractivity contribution in [3.05, 3.63) is 0 Å². The molecule has 4 N–H and O–H groups in total. The first kappa shape index (κ1) is 14.4. The van der Waals surface area contributed by atoms with Crippen molar-refractivity contribution in [1.82, 2.24) is 21.3 Å². The van der Waals surface area contributed by atoms with E-state index < -0.39 is 0 Å². The van der Waals surface area contributed by atoms with E-state index in [1.165, 1.54) is 24.2 Å². The van der Waals surface area contributed by atoms with E-state index >= 15 is 0 Å². The molecule has 2 aliphatic heterocycles. The molecule has 2 rings (SSSR count). The molecule has 0 aromatic carbocycles. The molecule has 2 saturated heterocycles. The average molecular weight is 394 g/mol. The molecule has 4 nitrogen and oxygen atoms in total. The van der Waals surface area contributed by atoms with E-state index in [1.54, 1.807) is 0 Å². The Morgan fingerprint density at radius 1 is 0.733 bits per heavy atom. The van der Waals surface area contributed by atoms with E-state index in [1.807, 2.05) is 0 Å². The van der Waals surface area contributed by atoms with E-state index in [0.29, 0.717) is 12.3 Å². The van der Waals surface area contributed by atoms with Crippen LogP contribution in [-0.4, -0.2) is 38.5 Å². The van der Waals surface area contributed by atoms with Crippen LogP contribution in [0.2, 0.25) is 0 Å². The Morgan fingerprint density at radius 3 is 1.27 bits per heavy atom. The van der Waals surface area contributed by atoms with Crippen LogP contribution < -0.4 is 21.3 Å². The van der Waals surface area contributed by atoms with Gasteiger partial charge < -0.3 is 0 Å². The fourth-order valence-corrected chi connectivity index (χ4v) is 1.82. The van der Waals surface area contributed by atoms with Gasteiger partial charge in [0.15, 0.2) is 0 Å². The van der Waals surface area contributed by atoms with Crippen LogP contribution >= 0.6 is 28.2 Å². The van der Waals surface area contributed by atoms with Crippen molar-refractivity contribution in [2.45, 2.75) is 25.2 Å². The van der Waals surface area contributed by atoms with Crippen LogP contribution in [-0.2, 0) is 11.3 Å². The third kappa shape index (κ3) is 5.98. The third-order valence-electron chi connectivity index (χ3n) is 2.50. The van der Waals surface area contributed by atoms with E-state index in [4.69, 9.17) is 0 Å². The van der Waals surface area contributed by atoms with Gasteiger partial charge in [0.1, 0.15) is 0 Å². The second-order valence-corrected chi connectivity index (χ2v) is 8.27. The molecule has 0 bridgehead atoms. The van der Waals surface area contributed by atoms with Gasteiger partial charge in [0.25, 0.3) is 0 Å². The van der Waals surface area contributed by atoms with E-state index in [2.05, 4.69) is 49.5 Å². The van der Waals surface area contributed by atoms with Crippen LogP contribution in [0.25, 0.3) is 0 Å². The molecule has 2 aliphatic rings. The number of nitrogens with one attached hydrogen (secondary N) is 4. The molecule has 0 aromatic heterocycles. The van der Waals surface area contributed by atoms with Crippen molar-refractivity contribution >= 4 is 28.2 Å². The summed E-state index contributed by atoms with van der Waals surface area (Å²) in [5.41, 5.74) is 0. The van der Waals surface area contributed by atoms with Gasteiger partial charge >= 0.3 is 39.6 Å². The van der Waals surface area contributed by atoms with E-state index in [9.17, 15) is 0 Å². The van der Waals surface area contributed by atoms with Crippen molar-refractivity contribution in [3.8, 4) is 0 Å². The quantitative estimate of drug-likeness (QED) is 0.490. The summed E-state index contributed by atoms with van der Waals surface area (Å²) in [7, 11) is 0. The van der Waals surface area contributed by atoms with Gasteiger partial charge in [-0.3, -0.25) is 21.3 Å². The molecule has 0 aromatic rings. The van der Waals surface area contributed by atoms with Gasteiger partial charge in [-0.25, -0.2) is 0 Å². The van der Waals surface area contributed by atoms with Crippen LogP contribution in [0.4, 0.5) is 0 Å². The molecule has 15 heavy (non-hydrogen) atoms. The maximum absolute atomic E-state index is 3.45. The Labute approximate surface area is 112 Å². The number of rotatable bonds is 1. The number of halogens is 2. The Morgan fingerprint density at radius 2 is 1.00 bits per heavy atom. The van der Waals surface area contributed by atoms with Crippen LogP contribution in [0.15, 0.2) is 0 Å². The van der Waals surface area contributed by atoms with Gasteiger partial charge in [-0.15, -0.1) is 0 Å². The van der Waals surface area contributed by atoms with Crippen molar-refractivity contribution in [2.75, 3.05) is 26.2 Å². The first-order valence-corrected chi connectivity index (χ1v) is 9.79. The van der Waals surface area contributed by atoms with E-state index in [-0.39, 0.29) is 0 Å². The van der Waals surface area contributed by atoms with Crippen LogP contribution in [0.1, 0.15) is 12.8 Å². The molecule has 0 spiro atoms. The third-order valence-corrected chi connectivity index (χ3v) is 2.50. The van der Waals surface area contributed by atoms with Crippen LogP contribution in [0.3, 0.4) is 0 Å². The molecule has 2 heterocycles. The first-order chi connectivity index (χ1) is 7.38. The minimum absolute atomic E-state index is 0.416. The predicted molar refractivity (Wildman–Crippen MR) is 66.7 cm³/mol. The summed E-state index contributed by atoms with van der Waals surface area (Å²) >= 11 is 7.38. The molecule has 0 amide bonds. The summed E-state index contributed by atoms with van der Waals surface area (Å²) in [5, 5.41) is 13.8. The fraction of sp³-hybridized carbons (Fsp3) is 1.00. The summed E-state index contributed by atoms with van der Waals surface area (Å²) in [6.07, 6.45) is 3.31. The Hall–Kier alpha value is 1.32. The molecule has 0 atom stereocenters. The topological polar surface area (TPSA) is 48.1 Å². The second kappa shape index (κ2) is 9.36. The Balaban J connectivity index is 0.000000337. The molecule has 0 unspecified atom stereocenters. The van der Waals surface area contributed by atoms with Crippen LogP contribution in [0, 0.1) is 0 Å². The minimum atomic E-state index is 0.416. The Bertz CT molecular complexity index is 136. The second-order valence-electron chi connectivity index (χ2n) is 3.52. The van der Waals surface area contributed by atoms with Gasteiger partial charge in [-0.2, -0.15) is 0 Å². The van der Waals surface area contributed by atoms with Crippen molar-refractivity contribution in [3.63, 3.8) is 0 Å². The van der Waals surface area contributed by atoms with Gasteiger partial charge in [-0.05, 0) is 39.0 Å². The Kier molecular flexibility index (Phi) is 8.97. The molecule has 0 saturated carbocycles. The molecular weight excluding hydrogens is 375 g/mol. The molecule has 95 valence electrons. The van der Waals surface area contributed by atoms with Gasteiger partial charge in [0.05, 0.1) is 12.3 Å². The summed E-state index contributed by atoms with van der Waals surface area (Å²) in [5.74, 6) is 0. The number of hydrogen-bond donors (Lipinski definition) is 4. The molecule has 0 aliphatic carbocycles. The van der Waals surface area contributed by atoms with Gasteiger partial charge in [0.2, 0.25) is 0 Å². The maximum atomic E-state index is 3.45. The predicted octanol–water partition coefficient (Wildman–Crippen LogP) is 0.493. The zero-order chi connectivity index (χ0) is 10.9. The summed E-state index contributed by atoms with van der Waals surface area (Å²) in [4.78, 5) is 0. The molecule has 0 radical (unpaired) electrons. The fourth-order valence-electron chi connectivity index (χ4n) is 1.82. The monoisotopic (exact) mass is 391 g/mol. The van der Waals surface area contributed by atoms with Gasteiger partial charge in [-0.1, -0.05) is 0 Å². The van der Waals surface area contributed by atoms with Crippen LogP contribution in [0.5, 0.6) is 0 Å². The number of hydrogen-bond acceptors (Lipinski definition) is 4. The average Bonchev–Trinajstić information content (AvgIpc) is 2.32. The molecule has 7 heteroatoms.